The number of carbonyl (C=O) groups is 1. The number of carbonyl (C=O) groups excluding carboxylic acids is 1. The van der Waals surface area contributed by atoms with Crippen molar-refractivity contribution in [3.63, 3.8) is 0 Å². The van der Waals surface area contributed by atoms with E-state index in [1.165, 1.54) is 0 Å². The summed E-state index contributed by atoms with van der Waals surface area (Å²) in [6.07, 6.45) is 2.67. The lowest BCUT2D eigenvalue weighted by molar-refractivity contribution is -0.570. The van der Waals surface area contributed by atoms with Gasteiger partial charge in [-0.2, -0.15) is 5.10 Å². The second-order valence-electron chi connectivity index (χ2n) is 8.40. The number of hydrogen-bond donors (Lipinski definition) is 1. The third-order valence-electron chi connectivity index (χ3n) is 6.27. The SMILES string of the molecule is O=C(CC/C(=N/NC1CCC([N+](=O)[O-])CC1[N+](=O)[O-])c1ccccc1)n1ccc2ccccc21. The van der Waals surface area contributed by atoms with E-state index in [4.69, 9.17) is 0 Å². The maximum absolute atomic E-state index is 12.9. The molecule has 0 saturated heterocycles. The van der Waals surface area contributed by atoms with Gasteiger partial charge in [-0.25, -0.2) is 0 Å². The molecular formula is C24H25N5O5. The van der Waals surface area contributed by atoms with Gasteiger partial charge in [-0.05, 0) is 24.1 Å². The molecule has 176 valence electrons. The van der Waals surface area contributed by atoms with E-state index in [1.54, 1.807) is 10.8 Å². The van der Waals surface area contributed by atoms with Crippen LogP contribution in [0.1, 0.15) is 42.5 Å². The van der Waals surface area contributed by atoms with Crippen molar-refractivity contribution < 1.29 is 14.6 Å². The van der Waals surface area contributed by atoms with Crippen LogP contribution in [0.15, 0.2) is 72.0 Å². The summed E-state index contributed by atoms with van der Waals surface area (Å²) in [5.74, 6) is -0.0838. The molecule has 0 bridgehead atoms. The van der Waals surface area contributed by atoms with Crippen molar-refractivity contribution in [2.24, 2.45) is 5.10 Å². The minimum absolute atomic E-state index is 0.0838. The van der Waals surface area contributed by atoms with Gasteiger partial charge in [0.2, 0.25) is 18.0 Å². The van der Waals surface area contributed by atoms with Gasteiger partial charge in [0.25, 0.3) is 0 Å². The van der Waals surface area contributed by atoms with E-state index >= 15 is 0 Å². The van der Waals surface area contributed by atoms with Gasteiger partial charge in [0.1, 0.15) is 6.04 Å². The van der Waals surface area contributed by atoms with Gasteiger partial charge in [0, 0.05) is 40.7 Å². The molecule has 3 atom stereocenters. The highest BCUT2D eigenvalue weighted by atomic mass is 16.6. The Kier molecular flexibility index (Phi) is 6.95. The van der Waals surface area contributed by atoms with Gasteiger partial charge in [-0.15, -0.1) is 0 Å². The normalized spacial score (nSPS) is 20.7. The summed E-state index contributed by atoms with van der Waals surface area (Å²) in [7, 11) is 0. The van der Waals surface area contributed by atoms with Crippen molar-refractivity contribution in [2.75, 3.05) is 0 Å². The van der Waals surface area contributed by atoms with Crippen LogP contribution < -0.4 is 5.43 Å². The average Bonchev–Trinajstić information content (AvgIpc) is 3.28. The second-order valence-corrected chi connectivity index (χ2v) is 8.40. The van der Waals surface area contributed by atoms with Crippen molar-refractivity contribution in [3.05, 3.63) is 92.7 Å². The van der Waals surface area contributed by atoms with Gasteiger partial charge in [-0.3, -0.25) is 35.0 Å². The molecule has 1 aliphatic rings. The van der Waals surface area contributed by atoms with Crippen molar-refractivity contribution in [3.8, 4) is 0 Å². The van der Waals surface area contributed by atoms with Crippen LogP contribution in [0, 0.1) is 20.2 Å². The Labute approximate surface area is 195 Å². The standard InChI is InChI=1S/C24H25N5O5/c30-24(27-15-14-18-8-4-5-9-22(18)27)13-12-20(17-6-2-1-3-7-17)25-26-21-11-10-19(28(31)32)16-23(21)29(33)34/h1-9,14-15,19,21,23,26H,10-13,16H2/b25-20-. The number of hydrazone groups is 1. The molecule has 1 fully saturated rings. The maximum atomic E-state index is 12.9. The van der Waals surface area contributed by atoms with Gasteiger partial charge < -0.3 is 0 Å². The van der Waals surface area contributed by atoms with E-state index in [9.17, 15) is 25.0 Å². The Morgan fingerprint density at radius 3 is 2.44 bits per heavy atom. The van der Waals surface area contributed by atoms with Gasteiger partial charge in [-0.1, -0.05) is 48.5 Å². The van der Waals surface area contributed by atoms with Crippen LogP contribution in [0.3, 0.4) is 0 Å². The second kappa shape index (κ2) is 10.2. The number of rotatable bonds is 8. The predicted octanol–water partition coefficient (Wildman–Crippen LogP) is 3.90. The molecule has 0 spiro atoms. The average molecular weight is 463 g/mol. The summed E-state index contributed by atoms with van der Waals surface area (Å²) in [4.78, 5) is 34.7. The molecule has 0 radical (unpaired) electrons. The molecule has 1 N–H and O–H groups in total. The van der Waals surface area contributed by atoms with Crippen LogP contribution in [-0.4, -0.2) is 44.2 Å². The lowest BCUT2D eigenvalue weighted by Crippen LogP contribution is -2.49. The predicted molar refractivity (Wildman–Crippen MR) is 127 cm³/mol. The molecule has 10 nitrogen and oxygen atoms in total. The van der Waals surface area contributed by atoms with Crippen molar-refractivity contribution >= 4 is 22.5 Å². The zero-order valence-corrected chi connectivity index (χ0v) is 18.4. The fraction of sp³-hybridized carbons (Fsp3) is 0.333. The number of aromatic nitrogens is 1. The monoisotopic (exact) mass is 463 g/mol. The summed E-state index contributed by atoms with van der Waals surface area (Å²) < 4.78 is 1.62. The summed E-state index contributed by atoms with van der Waals surface area (Å²) in [6, 6.07) is 16.2. The Morgan fingerprint density at radius 2 is 1.71 bits per heavy atom. The fourth-order valence-electron chi connectivity index (χ4n) is 4.40. The van der Waals surface area contributed by atoms with Crippen LogP contribution >= 0.6 is 0 Å². The zero-order chi connectivity index (χ0) is 24.1. The Hall–Kier alpha value is -4.08. The molecule has 1 aliphatic carbocycles. The number of benzene rings is 2. The van der Waals surface area contributed by atoms with E-state index in [1.807, 2.05) is 60.7 Å². The summed E-state index contributed by atoms with van der Waals surface area (Å²) in [6.45, 7) is 0. The fourth-order valence-corrected chi connectivity index (χ4v) is 4.40. The highest BCUT2D eigenvalue weighted by molar-refractivity contribution is 6.02. The van der Waals surface area contributed by atoms with Crippen LogP contribution in [0.2, 0.25) is 0 Å². The van der Waals surface area contributed by atoms with E-state index in [0.29, 0.717) is 12.1 Å². The van der Waals surface area contributed by atoms with E-state index in [0.717, 1.165) is 16.5 Å². The summed E-state index contributed by atoms with van der Waals surface area (Å²) >= 11 is 0. The zero-order valence-electron chi connectivity index (χ0n) is 18.4. The molecule has 0 aliphatic heterocycles. The van der Waals surface area contributed by atoms with Gasteiger partial charge in [0.15, 0.2) is 0 Å². The molecule has 2 aromatic carbocycles. The van der Waals surface area contributed by atoms with Crippen LogP contribution in [0.4, 0.5) is 0 Å². The van der Waals surface area contributed by atoms with Gasteiger partial charge in [0.05, 0.1) is 17.6 Å². The molecule has 1 saturated carbocycles. The minimum Gasteiger partial charge on any atom is -0.300 e. The number of nitrogens with zero attached hydrogens (tertiary/aromatic N) is 4. The first-order chi connectivity index (χ1) is 16.4. The molecule has 34 heavy (non-hydrogen) atoms. The first-order valence-corrected chi connectivity index (χ1v) is 11.2. The van der Waals surface area contributed by atoms with Crippen molar-refractivity contribution in [2.45, 2.75) is 50.2 Å². The number of para-hydroxylation sites is 1. The molecule has 10 heteroatoms. The third-order valence-corrected chi connectivity index (χ3v) is 6.27. The van der Waals surface area contributed by atoms with Crippen molar-refractivity contribution in [1.29, 1.82) is 0 Å². The largest absolute Gasteiger partial charge is 0.300 e. The number of nitro groups is 2. The first kappa shape index (κ1) is 23.1. The van der Waals surface area contributed by atoms with Crippen LogP contribution in [0.5, 0.6) is 0 Å². The number of nitrogens with one attached hydrogen (secondary N) is 1. The maximum Gasteiger partial charge on any atom is 0.241 e. The van der Waals surface area contributed by atoms with Gasteiger partial charge >= 0.3 is 0 Å². The Morgan fingerprint density at radius 1 is 0.971 bits per heavy atom. The third kappa shape index (κ3) is 5.11. The van der Waals surface area contributed by atoms with Crippen molar-refractivity contribution in [1.82, 2.24) is 9.99 Å². The van der Waals surface area contributed by atoms with E-state index < -0.39 is 28.0 Å². The molecular weight excluding hydrogens is 438 g/mol. The highest BCUT2D eigenvalue weighted by Crippen LogP contribution is 2.24. The van der Waals surface area contributed by atoms with Crippen LogP contribution in [0.25, 0.3) is 10.9 Å². The quantitative estimate of drug-likeness (QED) is 0.306. The molecule has 1 heterocycles. The number of fused-ring (bicyclic) bond motifs is 1. The van der Waals surface area contributed by atoms with E-state index in [-0.39, 0.29) is 31.6 Å². The molecule has 0 amide bonds. The highest BCUT2D eigenvalue weighted by Gasteiger charge is 2.43. The number of hydrogen-bond acceptors (Lipinski definition) is 7. The Bertz CT molecular complexity index is 1220. The molecule has 3 unspecified atom stereocenters. The first-order valence-electron chi connectivity index (χ1n) is 11.2. The topological polar surface area (TPSA) is 133 Å². The Balaban J connectivity index is 1.50. The molecule has 3 aromatic rings. The van der Waals surface area contributed by atoms with Crippen LogP contribution in [-0.2, 0) is 0 Å². The minimum atomic E-state index is -1.10. The molecule has 4 rings (SSSR count). The lowest BCUT2D eigenvalue weighted by atomic mass is 9.88. The lowest BCUT2D eigenvalue weighted by Gasteiger charge is -2.27. The summed E-state index contributed by atoms with van der Waals surface area (Å²) in [5.41, 5.74) is 5.14. The molecule has 1 aromatic heterocycles. The smallest absolute Gasteiger partial charge is 0.241 e. The summed E-state index contributed by atoms with van der Waals surface area (Å²) in [5, 5.41) is 28.1. The van der Waals surface area contributed by atoms with E-state index in [2.05, 4.69) is 10.5 Å².